The first kappa shape index (κ1) is 17.9. The summed E-state index contributed by atoms with van der Waals surface area (Å²) in [6, 6.07) is 5.57. The second kappa shape index (κ2) is 6.78. The fraction of sp³-hybridized carbons (Fsp3) is 0.375. The van der Waals surface area contributed by atoms with Gasteiger partial charge in [-0.05, 0) is 17.7 Å². The number of methoxy groups -OCH3 is 1. The number of aromatic nitrogens is 2. The molecule has 1 aromatic heterocycles. The molecule has 0 radical (unpaired) electrons. The van der Waals surface area contributed by atoms with Crippen LogP contribution in [0.5, 0.6) is 5.75 Å². The molecule has 0 aliphatic carbocycles. The molecule has 1 aliphatic heterocycles. The van der Waals surface area contributed by atoms with Crippen LogP contribution >= 0.6 is 11.6 Å². The predicted molar refractivity (Wildman–Crippen MR) is 93.8 cm³/mol. The second-order valence-electron chi connectivity index (χ2n) is 6.00. The predicted octanol–water partition coefficient (Wildman–Crippen LogP) is 1.39. The van der Waals surface area contributed by atoms with Crippen LogP contribution in [0.1, 0.15) is 16.8 Å². The molecular formula is C16H18ClN3O4S. The number of benzene rings is 1. The Kier molecular flexibility index (Phi) is 4.86. The Morgan fingerprint density at radius 3 is 2.80 bits per heavy atom. The van der Waals surface area contributed by atoms with Crippen molar-refractivity contribution in [3.63, 3.8) is 0 Å². The molecule has 0 saturated carbocycles. The SMILES string of the molecule is COc1ccc(CN2CCc3nc(S(C)(=O)=O)[nH]c(=O)c3C2)cc1Cl. The minimum atomic E-state index is -3.54. The smallest absolute Gasteiger partial charge is 0.256 e. The quantitative estimate of drug-likeness (QED) is 0.802. The Balaban J connectivity index is 1.82. The van der Waals surface area contributed by atoms with Gasteiger partial charge in [0.25, 0.3) is 5.56 Å². The number of H-pyrrole nitrogens is 1. The van der Waals surface area contributed by atoms with Crippen LogP contribution in [-0.2, 0) is 29.3 Å². The zero-order chi connectivity index (χ0) is 18.2. The van der Waals surface area contributed by atoms with E-state index in [9.17, 15) is 13.2 Å². The van der Waals surface area contributed by atoms with E-state index in [1.54, 1.807) is 7.11 Å². The summed E-state index contributed by atoms with van der Waals surface area (Å²) >= 11 is 6.15. The summed E-state index contributed by atoms with van der Waals surface area (Å²) < 4.78 is 28.3. The molecule has 25 heavy (non-hydrogen) atoms. The van der Waals surface area contributed by atoms with E-state index in [1.165, 1.54) is 0 Å². The number of ether oxygens (including phenoxy) is 1. The Morgan fingerprint density at radius 2 is 2.16 bits per heavy atom. The van der Waals surface area contributed by atoms with E-state index in [4.69, 9.17) is 16.3 Å². The van der Waals surface area contributed by atoms with Crippen LogP contribution in [0, 0.1) is 0 Å². The maximum Gasteiger partial charge on any atom is 0.256 e. The third kappa shape index (κ3) is 3.86. The molecule has 1 aromatic carbocycles. The van der Waals surface area contributed by atoms with Crippen molar-refractivity contribution in [1.29, 1.82) is 0 Å². The van der Waals surface area contributed by atoms with Crippen molar-refractivity contribution in [2.75, 3.05) is 19.9 Å². The van der Waals surface area contributed by atoms with Gasteiger partial charge in [0.05, 0.1) is 23.4 Å². The van der Waals surface area contributed by atoms with Crippen LogP contribution in [0.4, 0.5) is 0 Å². The highest BCUT2D eigenvalue weighted by Gasteiger charge is 2.23. The van der Waals surface area contributed by atoms with Crippen molar-refractivity contribution in [3.8, 4) is 5.75 Å². The number of aromatic amines is 1. The molecule has 3 rings (SSSR count). The Hall–Kier alpha value is -1.90. The minimum Gasteiger partial charge on any atom is -0.495 e. The lowest BCUT2D eigenvalue weighted by atomic mass is 10.1. The van der Waals surface area contributed by atoms with Crippen LogP contribution in [0.3, 0.4) is 0 Å². The summed E-state index contributed by atoms with van der Waals surface area (Å²) in [4.78, 5) is 20.8. The summed E-state index contributed by atoms with van der Waals surface area (Å²) in [7, 11) is -1.98. The topological polar surface area (TPSA) is 92.4 Å². The summed E-state index contributed by atoms with van der Waals surface area (Å²) in [6.07, 6.45) is 1.55. The van der Waals surface area contributed by atoms with Gasteiger partial charge in [0.2, 0.25) is 15.0 Å². The first-order chi connectivity index (χ1) is 11.8. The Labute approximate surface area is 150 Å². The molecule has 134 valence electrons. The number of sulfone groups is 1. The van der Waals surface area contributed by atoms with Crippen LogP contribution in [0.2, 0.25) is 5.02 Å². The van der Waals surface area contributed by atoms with Crippen molar-refractivity contribution in [2.24, 2.45) is 0 Å². The number of rotatable bonds is 4. The molecule has 0 bridgehead atoms. The monoisotopic (exact) mass is 383 g/mol. The van der Waals surface area contributed by atoms with Crippen LogP contribution < -0.4 is 10.3 Å². The molecule has 0 spiro atoms. The average Bonchev–Trinajstić information content (AvgIpc) is 2.54. The van der Waals surface area contributed by atoms with E-state index >= 15 is 0 Å². The second-order valence-corrected chi connectivity index (χ2v) is 8.34. The third-order valence-corrected chi connectivity index (χ3v) is 5.29. The van der Waals surface area contributed by atoms with Gasteiger partial charge in [-0.15, -0.1) is 0 Å². The van der Waals surface area contributed by atoms with Crippen LogP contribution in [0.15, 0.2) is 28.2 Å². The molecule has 0 saturated heterocycles. The van der Waals surface area contributed by atoms with Gasteiger partial charge in [0, 0.05) is 32.3 Å². The lowest BCUT2D eigenvalue weighted by molar-refractivity contribution is 0.240. The standard InChI is InChI=1S/C16H18ClN3O4S/c1-24-14-4-3-10(7-12(14)17)8-20-6-5-13-11(9-20)15(21)19-16(18-13)25(2,22)23/h3-4,7H,5-6,8-9H2,1-2H3,(H,18,19,21). The van der Waals surface area contributed by atoms with Gasteiger partial charge in [-0.1, -0.05) is 17.7 Å². The van der Waals surface area contributed by atoms with Gasteiger partial charge in [0.15, 0.2) is 0 Å². The summed E-state index contributed by atoms with van der Waals surface area (Å²) in [6.45, 7) is 1.71. The molecule has 1 aliphatic rings. The first-order valence-electron chi connectivity index (χ1n) is 7.65. The van der Waals surface area contributed by atoms with Crippen molar-refractivity contribution >= 4 is 21.4 Å². The van der Waals surface area contributed by atoms with E-state index in [2.05, 4.69) is 14.9 Å². The van der Waals surface area contributed by atoms with E-state index in [-0.39, 0.29) is 5.16 Å². The number of hydrogen-bond donors (Lipinski definition) is 1. The fourth-order valence-electron chi connectivity index (χ4n) is 2.84. The molecule has 2 aromatic rings. The lowest BCUT2D eigenvalue weighted by Crippen LogP contribution is -2.36. The molecule has 1 N–H and O–H groups in total. The Bertz CT molecular complexity index is 972. The Morgan fingerprint density at radius 1 is 1.40 bits per heavy atom. The minimum absolute atomic E-state index is 0.272. The van der Waals surface area contributed by atoms with Crippen molar-refractivity contribution in [1.82, 2.24) is 14.9 Å². The maximum absolute atomic E-state index is 12.2. The molecule has 7 nitrogen and oxygen atoms in total. The fourth-order valence-corrected chi connectivity index (χ4v) is 3.67. The third-order valence-electron chi connectivity index (χ3n) is 4.10. The number of hydrogen-bond acceptors (Lipinski definition) is 6. The van der Waals surface area contributed by atoms with E-state index in [0.717, 1.165) is 11.8 Å². The van der Waals surface area contributed by atoms with Crippen LogP contribution in [-0.4, -0.2) is 43.2 Å². The summed E-state index contributed by atoms with van der Waals surface area (Å²) in [5, 5.41) is 0.265. The van der Waals surface area contributed by atoms with E-state index < -0.39 is 15.4 Å². The van der Waals surface area contributed by atoms with E-state index in [1.807, 2.05) is 18.2 Å². The average molecular weight is 384 g/mol. The van der Waals surface area contributed by atoms with Gasteiger partial charge in [0.1, 0.15) is 5.75 Å². The van der Waals surface area contributed by atoms with Gasteiger partial charge in [-0.25, -0.2) is 13.4 Å². The molecule has 0 atom stereocenters. The van der Waals surface area contributed by atoms with Gasteiger partial charge in [-0.2, -0.15) is 0 Å². The molecule has 0 fully saturated rings. The zero-order valence-corrected chi connectivity index (χ0v) is 15.4. The molecular weight excluding hydrogens is 366 g/mol. The zero-order valence-electron chi connectivity index (χ0n) is 13.9. The number of halogens is 1. The molecule has 9 heteroatoms. The highest BCUT2D eigenvalue weighted by molar-refractivity contribution is 7.90. The van der Waals surface area contributed by atoms with Crippen molar-refractivity contribution in [2.45, 2.75) is 24.7 Å². The summed E-state index contributed by atoms with van der Waals surface area (Å²) in [5.41, 5.74) is 1.67. The highest BCUT2D eigenvalue weighted by atomic mass is 35.5. The molecule has 0 amide bonds. The number of nitrogens with zero attached hydrogens (tertiary/aromatic N) is 2. The lowest BCUT2D eigenvalue weighted by Gasteiger charge is -2.27. The largest absolute Gasteiger partial charge is 0.495 e. The normalized spacial score (nSPS) is 15.0. The van der Waals surface area contributed by atoms with Gasteiger partial charge < -0.3 is 4.74 Å². The van der Waals surface area contributed by atoms with Crippen LogP contribution in [0.25, 0.3) is 0 Å². The molecule has 2 heterocycles. The number of nitrogens with one attached hydrogen (secondary N) is 1. The maximum atomic E-state index is 12.2. The van der Waals surface area contributed by atoms with Crippen molar-refractivity contribution in [3.05, 3.63) is 50.4 Å². The summed E-state index contributed by atoms with van der Waals surface area (Å²) in [5.74, 6) is 0.614. The number of fused-ring (bicyclic) bond motifs is 1. The first-order valence-corrected chi connectivity index (χ1v) is 9.92. The van der Waals surface area contributed by atoms with Crippen molar-refractivity contribution < 1.29 is 13.2 Å². The van der Waals surface area contributed by atoms with E-state index in [0.29, 0.717) is 48.1 Å². The van der Waals surface area contributed by atoms with Gasteiger partial charge >= 0.3 is 0 Å². The highest BCUT2D eigenvalue weighted by Crippen LogP contribution is 2.26. The molecule has 0 unspecified atom stereocenters. The van der Waals surface area contributed by atoms with Gasteiger partial charge in [-0.3, -0.25) is 14.7 Å².